The number of amides is 1. The summed E-state index contributed by atoms with van der Waals surface area (Å²) in [6, 6.07) is 5.95. The number of carbonyl (C=O) groups excluding carboxylic acids is 1. The van der Waals surface area contributed by atoms with Gasteiger partial charge in [0.15, 0.2) is 0 Å². The maximum Gasteiger partial charge on any atom is 0.494 e. The molecule has 0 radical (unpaired) electrons. The van der Waals surface area contributed by atoms with Crippen molar-refractivity contribution in [2.45, 2.75) is 73.1 Å². The molecule has 0 unspecified atom stereocenters. The molecule has 1 amide bonds. The zero-order valence-corrected chi connectivity index (χ0v) is 18.9. The van der Waals surface area contributed by atoms with Gasteiger partial charge in [0.2, 0.25) is 0 Å². The molecule has 160 valence electrons. The summed E-state index contributed by atoms with van der Waals surface area (Å²) in [6.45, 7) is 17.0. The van der Waals surface area contributed by atoms with E-state index < -0.39 is 13.0 Å². The fourth-order valence-corrected chi connectivity index (χ4v) is 2.77. The Kier molecular flexibility index (Phi) is 6.82. The highest BCUT2D eigenvalue weighted by atomic mass is 16.7. The quantitative estimate of drug-likeness (QED) is 0.348. The number of hydrogen-bond donors (Lipinski definition) is 2. The van der Waals surface area contributed by atoms with E-state index in [1.807, 2.05) is 73.6 Å². The predicted octanol–water partition coefficient (Wildman–Crippen LogP) is 2.25. The van der Waals surface area contributed by atoms with Gasteiger partial charge in [0.05, 0.1) is 11.2 Å². The van der Waals surface area contributed by atoms with Crippen molar-refractivity contribution in [1.82, 2.24) is 5.32 Å². The average molecular weight is 403 g/mol. The zero-order chi connectivity index (χ0) is 22.0. The SMILES string of the molecule is Cc1cc(B2OC(C)(C)C(C)(C)O2)ccc1CNC(=O)C(=NCC(C)(C)C)ON. The number of benzene rings is 1. The largest absolute Gasteiger partial charge is 0.494 e. The van der Waals surface area contributed by atoms with Gasteiger partial charge in [-0.05, 0) is 56.6 Å². The van der Waals surface area contributed by atoms with Gasteiger partial charge in [-0.2, -0.15) is 5.90 Å². The van der Waals surface area contributed by atoms with Crippen molar-refractivity contribution in [2.24, 2.45) is 16.3 Å². The first-order chi connectivity index (χ1) is 13.3. The first-order valence-corrected chi connectivity index (χ1v) is 9.90. The van der Waals surface area contributed by atoms with Crippen LogP contribution in [0.15, 0.2) is 23.2 Å². The number of nitrogens with zero attached hydrogens (tertiary/aromatic N) is 1. The Morgan fingerprint density at radius 2 is 1.79 bits per heavy atom. The number of nitrogens with one attached hydrogen (secondary N) is 1. The molecule has 1 fully saturated rings. The van der Waals surface area contributed by atoms with E-state index >= 15 is 0 Å². The van der Waals surface area contributed by atoms with Crippen LogP contribution < -0.4 is 16.7 Å². The fourth-order valence-electron chi connectivity index (χ4n) is 2.77. The third-order valence-corrected chi connectivity index (χ3v) is 5.33. The number of aliphatic imine (C=N–C) groups is 1. The molecule has 0 aliphatic carbocycles. The van der Waals surface area contributed by atoms with E-state index in [0.717, 1.165) is 16.6 Å². The highest BCUT2D eigenvalue weighted by Crippen LogP contribution is 2.36. The number of nitrogens with two attached hydrogens (primary N) is 1. The Balaban J connectivity index is 2.04. The van der Waals surface area contributed by atoms with E-state index in [0.29, 0.717) is 13.1 Å². The summed E-state index contributed by atoms with van der Waals surface area (Å²) in [4.78, 5) is 21.1. The van der Waals surface area contributed by atoms with Gasteiger partial charge in [0, 0.05) is 13.1 Å². The maximum atomic E-state index is 12.3. The molecular formula is C21H34BN3O4. The lowest BCUT2D eigenvalue weighted by molar-refractivity contribution is -0.116. The molecular weight excluding hydrogens is 369 g/mol. The summed E-state index contributed by atoms with van der Waals surface area (Å²) in [5, 5.41) is 2.81. The standard InChI is InChI=1S/C21H34BN3O4/c1-14-11-16(22-28-20(5,6)21(7,8)29-22)10-9-15(14)12-24-17(26)18(27-23)25-13-19(2,3)4/h9-11H,12-13,23H2,1-8H3,(H,24,26). The van der Waals surface area contributed by atoms with Crippen molar-refractivity contribution in [3.8, 4) is 0 Å². The van der Waals surface area contributed by atoms with Gasteiger partial charge in [0.1, 0.15) is 0 Å². The Morgan fingerprint density at radius 1 is 1.21 bits per heavy atom. The molecule has 1 aromatic carbocycles. The van der Waals surface area contributed by atoms with E-state index in [1.165, 1.54) is 0 Å². The second kappa shape index (κ2) is 8.46. The normalized spacial score (nSPS) is 18.7. The topological polar surface area (TPSA) is 95.2 Å². The van der Waals surface area contributed by atoms with E-state index in [1.54, 1.807) is 0 Å². The minimum absolute atomic E-state index is 0.0655. The van der Waals surface area contributed by atoms with Crippen LogP contribution in [0.25, 0.3) is 0 Å². The van der Waals surface area contributed by atoms with Crippen LogP contribution in [-0.4, -0.2) is 36.7 Å². The molecule has 1 aromatic rings. The number of rotatable bonds is 4. The van der Waals surface area contributed by atoms with Crippen LogP contribution in [-0.2, 0) is 25.5 Å². The van der Waals surface area contributed by atoms with Crippen LogP contribution in [0.2, 0.25) is 0 Å². The van der Waals surface area contributed by atoms with Gasteiger partial charge >= 0.3 is 13.0 Å². The highest BCUT2D eigenvalue weighted by Gasteiger charge is 2.51. The van der Waals surface area contributed by atoms with Gasteiger partial charge in [-0.25, -0.2) is 4.99 Å². The summed E-state index contributed by atoms with van der Waals surface area (Å²) >= 11 is 0. The molecule has 0 saturated carbocycles. The first kappa shape index (κ1) is 23.4. The number of carbonyl (C=O) groups is 1. The van der Waals surface area contributed by atoms with Crippen LogP contribution in [0.4, 0.5) is 0 Å². The van der Waals surface area contributed by atoms with Gasteiger partial charge in [-0.3, -0.25) is 4.79 Å². The molecule has 2 rings (SSSR count). The highest BCUT2D eigenvalue weighted by molar-refractivity contribution is 6.62. The second-order valence-corrected chi connectivity index (χ2v) is 9.76. The molecule has 1 heterocycles. The van der Waals surface area contributed by atoms with E-state index in [4.69, 9.17) is 15.2 Å². The van der Waals surface area contributed by atoms with Crippen molar-refractivity contribution in [3.05, 3.63) is 29.3 Å². The lowest BCUT2D eigenvalue weighted by atomic mass is 9.78. The third-order valence-electron chi connectivity index (χ3n) is 5.33. The molecule has 0 atom stereocenters. The molecule has 1 aliphatic rings. The second-order valence-electron chi connectivity index (χ2n) is 9.76. The molecule has 1 saturated heterocycles. The van der Waals surface area contributed by atoms with E-state index in [9.17, 15) is 4.79 Å². The van der Waals surface area contributed by atoms with Crippen LogP contribution in [0, 0.1) is 12.3 Å². The minimum Gasteiger partial charge on any atom is -0.399 e. The van der Waals surface area contributed by atoms with Crippen molar-refractivity contribution >= 4 is 24.4 Å². The Bertz CT molecular complexity index is 769. The molecule has 8 heteroatoms. The molecule has 0 bridgehead atoms. The Hall–Kier alpha value is -1.90. The van der Waals surface area contributed by atoms with Crippen molar-refractivity contribution in [1.29, 1.82) is 0 Å². The monoisotopic (exact) mass is 403 g/mol. The van der Waals surface area contributed by atoms with Gasteiger partial charge < -0.3 is 19.5 Å². The zero-order valence-electron chi connectivity index (χ0n) is 18.9. The molecule has 7 nitrogen and oxygen atoms in total. The molecule has 1 aliphatic heterocycles. The van der Waals surface area contributed by atoms with E-state index in [-0.39, 0.29) is 22.5 Å². The smallest absolute Gasteiger partial charge is 0.399 e. The van der Waals surface area contributed by atoms with Crippen LogP contribution in [0.5, 0.6) is 0 Å². The van der Waals surface area contributed by atoms with Crippen molar-refractivity contribution < 1.29 is 18.9 Å². The predicted molar refractivity (Wildman–Crippen MR) is 116 cm³/mol. The number of hydrogen-bond acceptors (Lipinski definition) is 6. The molecule has 0 spiro atoms. The Morgan fingerprint density at radius 3 is 2.28 bits per heavy atom. The van der Waals surface area contributed by atoms with Crippen LogP contribution in [0.1, 0.15) is 59.6 Å². The lowest BCUT2D eigenvalue weighted by Crippen LogP contribution is -2.41. The lowest BCUT2D eigenvalue weighted by Gasteiger charge is -2.32. The summed E-state index contributed by atoms with van der Waals surface area (Å²) < 4.78 is 12.2. The summed E-state index contributed by atoms with van der Waals surface area (Å²) in [5.41, 5.74) is 2.12. The average Bonchev–Trinajstić information content (AvgIpc) is 2.81. The summed E-state index contributed by atoms with van der Waals surface area (Å²) in [5.74, 6) is 4.66. The summed E-state index contributed by atoms with van der Waals surface area (Å²) in [6.07, 6.45) is 0. The van der Waals surface area contributed by atoms with E-state index in [2.05, 4.69) is 15.1 Å². The molecule has 0 aromatic heterocycles. The van der Waals surface area contributed by atoms with Gasteiger partial charge in [-0.1, -0.05) is 39.0 Å². The van der Waals surface area contributed by atoms with Gasteiger partial charge in [0.25, 0.3) is 5.90 Å². The first-order valence-electron chi connectivity index (χ1n) is 9.90. The third kappa shape index (κ3) is 5.81. The Labute approximate surface area is 174 Å². The van der Waals surface area contributed by atoms with Crippen LogP contribution >= 0.6 is 0 Å². The minimum atomic E-state index is -0.439. The van der Waals surface area contributed by atoms with Crippen molar-refractivity contribution in [2.75, 3.05) is 6.54 Å². The maximum absolute atomic E-state index is 12.3. The van der Waals surface area contributed by atoms with Gasteiger partial charge in [-0.15, -0.1) is 0 Å². The molecule has 3 N–H and O–H groups in total. The fraction of sp³-hybridized carbons (Fsp3) is 0.619. The summed E-state index contributed by atoms with van der Waals surface area (Å²) in [7, 11) is -0.413. The molecule has 29 heavy (non-hydrogen) atoms. The van der Waals surface area contributed by atoms with Crippen molar-refractivity contribution in [3.63, 3.8) is 0 Å². The van der Waals surface area contributed by atoms with Crippen LogP contribution in [0.3, 0.4) is 0 Å². The number of aryl methyl sites for hydroxylation is 1.